The van der Waals surface area contributed by atoms with E-state index in [-0.39, 0.29) is 12.0 Å². The standard InChI is InChI=1S/C13H15N3O2/c1-9(17)16-7-10(8-16)18-13-14-11-5-3-4-6-12(11)15(13)2/h3-6,10H,7-8H2,1-2H3. The number of fused-ring (bicyclic) bond motifs is 1. The van der Waals surface area contributed by atoms with Crippen LogP contribution in [0.5, 0.6) is 6.01 Å². The first-order valence-corrected chi connectivity index (χ1v) is 5.99. The zero-order valence-electron chi connectivity index (χ0n) is 10.5. The van der Waals surface area contributed by atoms with Crippen molar-refractivity contribution in [2.45, 2.75) is 13.0 Å². The summed E-state index contributed by atoms with van der Waals surface area (Å²) in [6.45, 7) is 2.88. The molecule has 18 heavy (non-hydrogen) atoms. The predicted octanol–water partition coefficient (Wildman–Crippen LogP) is 1.18. The molecule has 1 fully saturated rings. The second kappa shape index (κ2) is 4.01. The Balaban J connectivity index is 1.76. The molecule has 5 heteroatoms. The Labute approximate surface area is 105 Å². The number of imidazole rings is 1. The number of amides is 1. The fourth-order valence-electron chi connectivity index (χ4n) is 2.15. The van der Waals surface area contributed by atoms with Crippen molar-refractivity contribution >= 4 is 16.9 Å². The van der Waals surface area contributed by atoms with Crippen molar-refractivity contribution < 1.29 is 9.53 Å². The zero-order valence-corrected chi connectivity index (χ0v) is 10.5. The molecule has 1 aliphatic rings. The summed E-state index contributed by atoms with van der Waals surface area (Å²) in [7, 11) is 1.94. The largest absolute Gasteiger partial charge is 0.458 e. The fraction of sp³-hybridized carbons (Fsp3) is 0.385. The van der Waals surface area contributed by atoms with Crippen molar-refractivity contribution in [2.24, 2.45) is 7.05 Å². The molecule has 0 N–H and O–H groups in total. The van der Waals surface area contributed by atoms with E-state index >= 15 is 0 Å². The molecule has 0 aliphatic carbocycles. The van der Waals surface area contributed by atoms with E-state index in [2.05, 4.69) is 4.98 Å². The summed E-state index contributed by atoms with van der Waals surface area (Å²) in [5.41, 5.74) is 1.98. The molecule has 0 unspecified atom stereocenters. The van der Waals surface area contributed by atoms with E-state index in [1.165, 1.54) is 0 Å². The van der Waals surface area contributed by atoms with E-state index in [0.717, 1.165) is 11.0 Å². The number of aryl methyl sites for hydroxylation is 1. The molecule has 1 aliphatic heterocycles. The van der Waals surface area contributed by atoms with Crippen molar-refractivity contribution in [1.29, 1.82) is 0 Å². The monoisotopic (exact) mass is 245 g/mol. The first-order valence-electron chi connectivity index (χ1n) is 5.99. The van der Waals surface area contributed by atoms with Crippen LogP contribution in [-0.2, 0) is 11.8 Å². The Morgan fingerprint density at radius 3 is 2.78 bits per heavy atom. The minimum atomic E-state index is 0.0596. The number of rotatable bonds is 2. The molecule has 1 amide bonds. The minimum absolute atomic E-state index is 0.0596. The Bertz CT molecular complexity index is 599. The van der Waals surface area contributed by atoms with Gasteiger partial charge >= 0.3 is 0 Å². The number of carbonyl (C=O) groups excluding carboxylic acids is 1. The maximum atomic E-state index is 11.1. The number of nitrogens with zero attached hydrogens (tertiary/aromatic N) is 3. The topological polar surface area (TPSA) is 47.4 Å². The Morgan fingerprint density at radius 1 is 1.39 bits per heavy atom. The van der Waals surface area contributed by atoms with Gasteiger partial charge in [-0.2, -0.15) is 4.98 Å². The summed E-state index contributed by atoms with van der Waals surface area (Å²) >= 11 is 0. The summed E-state index contributed by atoms with van der Waals surface area (Å²) in [4.78, 5) is 17.3. The van der Waals surface area contributed by atoms with Gasteiger partial charge in [-0.05, 0) is 12.1 Å². The maximum Gasteiger partial charge on any atom is 0.297 e. The third kappa shape index (κ3) is 1.72. The molecule has 0 radical (unpaired) electrons. The first kappa shape index (κ1) is 11.1. The molecule has 94 valence electrons. The second-order valence-electron chi connectivity index (χ2n) is 4.61. The van der Waals surface area contributed by atoms with E-state index in [9.17, 15) is 4.79 Å². The van der Waals surface area contributed by atoms with Crippen molar-refractivity contribution in [3.05, 3.63) is 24.3 Å². The van der Waals surface area contributed by atoms with E-state index in [4.69, 9.17) is 4.74 Å². The lowest BCUT2D eigenvalue weighted by Gasteiger charge is -2.37. The normalized spacial score (nSPS) is 15.8. The van der Waals surface area contributed by atoms with Gasteiger partial charge in [0.15, 0.2) is 0 Å². The smallest absolute Gasteiger partial charge is 0.297 e. The molecule has 0 spiro atoms. The summed E-state index contributed by atoms with van der Waals surface area (Å²) in [6.07, 6.45) is 0.0596. The van der Waals surface area contributed by atoms with Gasteiger partial charge < -0.3 is 9.64 Å². The predicted molar refractivity (Wildman–Crippen MR) is 67.4 cm³/mol. The quantitative estimate of drug-likeness (QED) is 0.798. The van der Waals surface area contributed by atoms with Crippen molar-refractivity contribution in [2.75, 3.05) is 13.1 Å². The molecule has 1 aromatic carbocycles. The lowest BCUT2D eigenvalue weighted by atomic mass is 10.2. The highest BCUT2D eigenvalue weighted by Crippen LogP contribution is 2.22. The lowest BCUT2D eigenvalue weighted by molar-refractivity contribution is -0.137. The van der Waals surface area contributed by atoms with Crippen LogP contribution in [-0.4, -0.2) is 39.6 Å². The van der Waals surface area contributed by atoms with Gasteiger partial charge in [0, 0.05) is 14.0 Å². The van der Waals surface area contributed by atoms with Crippen LogP contribution in [0.2, 0.25) is 0 Å². The van der Waals surface area contributed by atoms with Gasteiger partial charge in [-0.25, -0.2) is 0 Å². The van der Waals surface area contributed by atoms with Gasteiger partial charge in [0.25, 0.3) is 6.01 Å². The summed E-state index contributed by atoms with van der Waals surface area (Å²) < 4.78 is 7.74. The van der Waals surface area contributed by atoms with Gasteiger partial charge in [0.2, 0.25) is 5.91 Å². The molecular formula is C13H15N3O2. The van der Waals surface area contributed by atoms with Crippen molar-refractivity contribution in [1.82, 2.24) is 14.5 Å². The zero-order chi connectivity index (χ0) is 12.7. The van der Waals surface area contributed by atoms with Gasteiger partial charge in [0.1, 0.15) is 6.10 Å². The third-order valence-corrected chi connectivity index (χ3v) is 3.31. The number of carbonyl (C=O) groups is 1. The number of benzene rings is 1. The fourth-order valence-corrected chi connectivity index (χ4v) is 2.15. The van der Waals surface area contributed by atoms with Crippen molar-refractivity contribution in [3.63, 3.8) is 0 Å². The van der Waals surface area contributed by atoms with Crippen LogP contribution in [0.25, 0.3) is 11.0 Å². The van der Waals surface area contributed by atoms with Crippen molar-refractivity contribution in [3.8, 4) is 6.01 Å². The summed E-state index contributed by atoms with van der Waals surface area (Å²) in [6, 6.07) is 8.53. The molecule has 0 saturated carbocycles. The van der Waals surface area contributed by atoms with Gasteiger partial charge in [-0.1, -0.05) is 12.1 Å². The van der Waals surface area contributed by atoms with E-state index in [1.807, 2.05) is 35.9 Å². The lowest BCUT2D eigenvalue weighted by Crippen LogP contribution is -2.55. The van der Waals surface area contributed by atoms with Gasteiger partial charge in [-0.15, -0.1) is 0 Å². The van der Waals surface area contributed by atoms with Crippen LogP contribution < -0.4 is 4.74 Å². The van der Waals surface area contributed by atoms with Crippen LogP contribution in [0.3, 0.4) is 0 Å². The molecule has 2 aromatic rings. The Morgan fingerprint density at radius 2 is 2.11 bits per heavy atom. The second-order valence-corrected chi connectivity index (χ2v) is 4.61. The van der Waals surface area contributed by atoms with Crippen LogP contribution in [0.15, 0.2) is 24.3 Å². The number of likely N-dealkylation sites (tertiary alicyclic amines) is 1. The van der Waals surface area contributed by atoms with Crippen LogP contribution in [0.4, 0.5) is 0 Å². The average Bonchev–Trinajstić information content (AvgIpc) is 2.60. The van der Waals surface area contributed by atoms with E-state index in [0.29, 0.717) is 19.1 Å². The van der Waals surface area contributed by atoms with E-state index < -0.39 is 0 Å². The van der Waals surface area contributed by atoms with Crippen LogP contribution in [0, 0.1) is 0 Å². The SMILES string of the molecule is CC(=O)N1CC(Oc2nc3ccccc3n2C)C1. The summed E-state index contributed by atoms with van der Waals surface area (Å²) in [5, 5.41) is 0. The van der Waals surface area contributed by atoms with Gasteiger partial charge in [0.05, 0.1) is 24.1 Å². The molecule has 1 saturated heterocycles. The molecular weight excluding hydrogens is 230 g/mol. The van der Waals surface area contributed by atoms with Gasteiger partial charge in [-0.3, -0.25) is 9.36 Å². The third-order valence-electron chi connectivity index (χ3n) is 3.31. The molecule has 0 atom stereocenters. The maximum absolute atomic E-state index is 11.1. The Kier molecular flexibility index (Phi) is 2.47. The molecule has 1 aromatic heterocycles. The molecule has 2 heterocycles. The number of ether oxygens (including phenoxy) is 1. The van der Waals surface area contributed by atoms with E-state index in [1.54, 1.807) is 11.8 Å². The highest BCUT2D eigenvalue weighted by atomic mass is 16.5. The summed E-state index contributed by atoms with van der Waals surface area (Å²) in [5.74, 6) is 0.0971. The molecule has 5 nitrogen and oxygen atoms in total. The number of para-hydroxylation sites is 2. The number of aromatic nitrogens is 2. The number of hydrogen-bond acceptors (Lipinski definition) is 3. The van der Waals surface area contributed by atoms with Crippen LogP contribution >= 0.6 is 0 Å². The average molecular weight is 245 g/mol. The first-order chi connectivity index (χ1) is 8.65. The highest BCUT2D eigenvalue weighted by molar-refractivity contribution is 5.76. The number of hydrogen-bond donors (Lipinski definition) is 0. The van der Waals surface area contributed by atoms with Crippen LogP contribution in [0.1, 0.15) is 6.92 Å². The minimum Gasteiger partial charge on any atom is -0.458 e. The highest BCUT2D eigenvalue weighted by Gasteiger charge is 2.31. The molecule has 3 rings (SSSR count). The molecule has 0 bridgehead atoms. The Hall–Kier alpha value is -2.04.